The predicted molar refractivity (Wildman–Crippen MR) is 95.4 cm³/mol. The fraction of sp³-hybridized carbons (Fsp3) is 0.133. The van der Waals surface area contributed by atoms with Crippen LogP contribution in [0.1, 0.15) is 5.56 Å². The van der Waals surface area contributed by atoms with Gasteiger partial charge in [0.2, 0.25) is 5.91 Å². The number of halogens is 3. The molecule has 1 N–H and O–H groups in total. The molecule has 0 saturated heterocycles. The number of hydrogen-bond donors (Lipinski definition) is 1. The molecule has 0 heterocycles. The van der Waals surface area contributed by atoms with Crippen LogP contribution in [0.2, 0.25) is 10.0 Å². The second-order valence-electron chi connectivity index (χ2n) is 4.29. The van der Waals surface area contributed by atoms with E-state index in [0.717, 1.165) is 10.2 Å². The summed E-state index contributed by atoms with van der Waals surface area (Å²) in [5.74, 6) is 1.05. The quantitative estimate of drug-likeness (QED) is 0.699. The molecular formula is C15H12BrCl2NOS. The Labute approximate surface area is 146 Å². The summed E-state index contributed by atoms with van der Waals surface area (Å²) in [6, 6.07) is 13.0. The lowest BCUT2D eigenvalue weighted by atomic mass is 10.2. The van der Waals surface area contributed by atoms with Crippen LogP contribution >= 0.6 is 50.9 Å². The average Bonchev–Trinajstić information content (AvgIpc) is 2.45. The van der Waals surface area contributed by atoms with Crippen molar-refractivity contribution < 1.29 is 4.79 Å². The Hall–Kier alpha value is -0.680. The van der Waals surface area contributed by atoms with Gasteiger partial charge in [-0.25, -0.2) is 0 Å². The Morgan fingerprint density at radius 1 is 1.14 bits per heavy atom. The minimum atomic E-state index is -0.0960. The molecule has 2 aromatic rings. The Bertz CT molecular complexity index is 634. The highest BCUT2D eigenvalue weighted by molar-refractivity contribution is 9.10. The van der Waals surface area contributed by atoms with Crippen LogP contribution in [0.4, 0.5) is 5.69 Å². The van der Waals surface area contributed by atoms with Gasteiger partial charge in [0.25, 0.3) is 0 Å². The van der Waals surface area contributed by atoms with E-state index in [4.69, 9.17) is 23.2 Å². The van der Waals surface area contributed by atoms with Gasteiger partial charge < -0.3 is 5.32 Å². The molecule has 1 amide bonds. The van der Waals surface area contributed by atoms with Crippen LogP contribution < -0.4 is 5.32 Å². The molecule has 110 valence electrons. The summed E-state index contributed by atoms with van der Waals surface area (Å²) in [5.41, 5.74) is 1.72. The summed E-state index contributed by atoms with van der Waals surface area (Å²) in [6.07, 6.45) is 0. The zero-order valence-electron chi connectivity index (χ0n) is 10.9. The van der Waals surface area contributed by atoms with E-state index in [-0.39, 0.29) is 5.91 Å². The first-order chi connectivity index (χ1) is 10.0. The van der Waals surface area contributed by atoms with Gasteiger partial charge in [0.15, 0.2) is 0 Å². The van der Waals surface area contributed by atoms with E-state index in [1.165, 1.54) is 5.56 Å². The van der Waals surface area contributed by atoms with Gasteiger partial charge in [0.1, 0.15) is 0 Å². The number of hydrogen-bond acceptors (Lipinski definition) is 2. The Morgan fingerprint density at radius 3 is 2.57 bits per heavy atom. The largest absolute Gasteiger partial charge is 0.324 e. The van der Waals surface area contributed by atoms with Gasteiger partial charge in [0.05, 0.1) is 16.5 Å². The number of carbonyl (C=O) groups is 1. The smallest absolute Gasteiger partial charge is 0.234 e. The summed E-state index contributed by atoms with van der Waals surface area (Å²) < 4.78 is 1.05. The minimum absolute atomic E-state index is 0.0960. The summed E-state index contributed by atoms with van der Waals surface area (Å²) in [7, 11) is 0. The van der Waals surface area contributed by atoms with Crippen molar-refractivity contribution in [3.8, 4) is 0 Å². The van der Waals surface area contributed by atoms with Gasteiger partial charge in [-0.3, -0.25) is 4.79 Å². The molecule has 0 fully saturated rings. The first-order valence-corrected chi connectivity index (χ1v) is 8.82. The lowest BCUT2D eigenvalue weighted by Crippen LogP contribution is -2.14. The van der Waals surface area contributed by atoms with Crippen LogP contribution in [0.3, 0.4) is 0 Å². The standard InChI is InChI=1S/C15H12BrCl2NOS/c16-11-3-1-10(2-4-11)8-21-9-15(20)19-14-7-12(17)5-6-13(14)18/h1-7H,8-9H2,(H,19,20). The maximum atomic E-state index is 11.9. The van der Waals surface area contributed by atoms with Crippen molar-refractivity contribution in [2.24, 2.45) is 0 Å². The molecule has 21 heavy (non-hydrogen) atoms. The molecule has 0 aliphatic rings. The molecule has 0 bridgehead atoms. The molecule has 2 aromatic carbocycles. The Morgan fingerprint density at radius 2 is 1.86 bits per heavy atom. The number of anilines is 1. The predicted octanol–water partition coefficient (Wildman–Crippen LogP) is 5.63. The van der Waals surface area contributed by atoms with Gasteiger partial charge in [-0.1, -0.05) is 51.3 Å². The molecule has 6 heteroatoms. The molecular weight excluding hydrogens is 393 g/mol. The van der Waals surface area contributed by atoms with Crippen LogP contribution in [-0.2, 0) is 10.5 Å². The molecule has 0 saturated carbocycles. The lowest BCUT2D eigenvalue weighted by molar-refractivity contribution is -0.113. The second kappa shape index (κ2) is 8.08. The highest BCUT2D eigenvalue weighted by Crippen LogP contribution is 2.25. The van der Waals surface area contributed by atoms with Gasteiger partial charge in [-0.15, -0.1) is 11.8 Å². The van der Waals surface area contributed by atoms with Crippen molar-refractivity contribution in [2.45, 2.75) is 5.75 Å². The van der Waals surface area contributed by atoms with E-state index in [9.17, 15) is 4.79 Å². The van der Waals surface area contributed by atoms with Crippen molar-refractivity contribution in [1.82, 2.24) is 0 Å². The van der Waals surface area contributed by atoms with Gasteiger partial charge in [-0.05, 0) is 35.9 Å². The molecule has 0 radical (unpaired) electrons. The van der Waals surface area contributed by atoms with Crippen molar-refractivity contribution in [3.63, 3.8) is 0 Å². The first-order valence-electron chi connectivity index (χ1n) is 6.11. The third-order valence-electron chi connectivity index (χ3n) is 2.62. The maximum Gasteiger partial charge on any atom is 0.234 e. The van der Waals surface area contributed by atoms with Crippen LogP contribution in [0.15, 0.2) is 46.9 Å². The summed E-state index contributed by atoms with van der Waals surface area (Å²) >= 11 is 16.8. The Kier molecular flexibility index (Phi) is 6.42. The Balaban J connectivity index is 1.82. The number of amides is 1. The number of benzene rings is 2. The third kappa shape index (κ3) is 5.55. The van der Waals surface area contributed by atoms with Crippen molar-refractivity contribution in [1.29, 1.82) is 0 Å². The SMILES string of the molecule is O=C(CSCc1ccc(Br)cc1)Nc1cc(Cl)ccc1Cl. The highest BCUT2D eigenvalue weighted by atomic mass is 79.9. The van der Waals surface area contributed by atoms with E-state index >= 15 is 0 Å². The van der Waals surface area contributed by atoms with E-state index in [2.05, 4.69) is 21.2 Å². The molecule has 0 unspecified atom stereocenters. The third-order valence-corrected chi connectivity index (χ3v) is 4.71. The fourth-order valence-electron chi connectivity index (χ4n) is 1.62. The highest BCUT2D eigenvalue weighted by Gasteiger charge is 2.07. The van der Waals surface area contributed by atoms with E-state index in [1.54, 1.807) is 30.0 Å². The van der Waals surface area contributed by atoms with Gasteiger partial charge in [0, 0.05) is 15.2 Å². The summed E-state index contributed by atoms with van der Waals surface area (Å²) in [4.78, 5) is 11.9. The van der Waals surface area contributed by atoms with Crippen LogP contribution in [0, 0.1) is 0 Å². The van der Waals surface area contributed by atoms with Crippen molar-refractivity contribution in [2.75, 3.05) is 11.1 Å². The second-order valence-corrected chi connectivity index (χ2v) is 7.04. The normalized spacial score (nSPS) is 10.4. The van der Waals surface area contributed by atoms with E-state index < -0.39 is 0 Å². The zero-order valence-corrected chi connectivity index (χ0v) is 14.8. The summed E-state index contributed by atoms with van der Waals surface area (Å²) in [5, 5.41) is 3.78. The molecule has 0 atom stereocenters. The van der Waals surface area contributed by atoms with Crippen LogP contribution in [-0.4, -0.2) is 11.7 Å². The van der Waals surface area contributed by atoms with Gasteiger partial charge in [-0.2, -0.15) is 0 Å². The molecule has 0 aromatic heterocycles. The maximum absolute atomic E-state index is 11.9. The van der Waals surface area contributed by atoms with Crippen molar-refractivity contribution >= 4 is 62.5 Å². The number of rotatable bonds is 5. The topological polar surface area (TPSA) is 29.1 Å². The fourth-order valence-corrected chi connectivity index (χ4v) is 3.01. The molecule has 0 aliphatic heterocycles. The zero-order chi connectivity index (χ0) is 15.2. The van der Waals surface area contributed by atoms with E-state index in [0.29, 0.717) is 21.5 Å². The first kappa shape index (κ1) is 16.7. The van der Waals surface area contributed by atoms with Crippen LogP contribution in [0.5, 0.6) is 0 Å². The lowest BCUT2D eigenvalue weighted by Gasteiger charge is -2.07. The molecule has 0 aliphatic carbocycles. The van der Waals surface area contributed by atoms with Crippen molar-refractivity contribution in [3.05, 3.63) is 62.5 Å². The molecule has 2 nitrogen and oxygen atoms in total. The minimum Gasteiger partial charge on any atom is -0.324 e. The van der Waals surface area contributed by atoms with E-state index in [1.807, 2.05) is 24.3 Å². The molecule has 2 rings (SSSR count). The number of thioether (sulfide) groups is 1. The molecule has 0 spiro atoms. The number of nitrogens with one attached hydrogen (secondary N) is 1. The monoisotopic (exact) mass is 403 g/mol. The summed E-state index contributed by atoms with van der Waals surface area (Å²) in [6.45, 7) is 0. The van der Waals surface area contributed by atoms with Crippen LogP contribution in [0.25, 0.3) is 0 Å². The number of carbonyl (C=O) groups excluding carboxylic acids is 1. The van der Waals surface area contributed by atoms with Gasteiger partial charge >= 0.3 is 0 Å². The average molecular weight is 405 g/mol.